The SMILES string of the molecule is CC(C(=O)NC(C)(C)C)N(CCc1ccccc1)C(=O)CSCc1ccc(Cl)cc1Cl. The first-order valence-corrected chi connectivity index (χ1v) is 12.1. The summed E-state index contributed by atoms with van der Waals surface area (Å²) in [7, 11) is 0. The Morgan fingerprint density at radius 1 is 1.10 bits per heavy atom. The summed E-state index contributed by atoms with van der Waals surface area (Å²) in [6.07, 6.45) is 0.688. The Morgan fingerprint density at radius 2 is 1.77 bits per heavy atom. The number of hydrogen-bond donors (Lipinski definition) is 1. The van der Waals surface area contributed by atoms with Crippen molar-refractivity contribution in [2.24, 2.45) is 0 Å². The monoisotopic (exact) mass is 480 g/mol. The first-order valence-electron chi connectivity index (χ1n) is 10.2. The summed E-state index contributed by atoms with van der Waals surface area (Å²) in [5.74, 6) is 0.639. The Balaban J connectivity index is 2.04. The molecule has 0 aliphatic carbocycles. The number of carbonyl (C=O) groups excluding carboxylic acids is 2. The van der Waals surface area contributed by atoms with E-state index >= 15 is 0 Å². The molecular formula is C24H30Cl2N2O2S. The minimum Gasteiger partial charge on any atom is -0.350 e. The van der Waals surface area contributed by atoms with Gasteiger partial charge in [0.15, 0.2) is 0 Å². The van der Waals surface area contributed by atoms with Crippen LogP contribution in [0.1, 0.15) is 38.8 Å². The van der Waals surface area contributed by atoms with Crippen molar-refractivity contribution >= 4 is 46.8 Å². The van der Waals surface area contributed by atoms with Crippen LogP contribution in [0, 0.1) is 0 Å². The van der Waals surface area contributed by atoms with Gasteiger partial charge in [-0.15, -0.1) is 11.8 Å². The van der Waals surface area contributed by atoms with Crippen molar-refractivity contribution in [1.82, 2.24) is 10.2 Å². The molecule has 2 aromatic carbocycles. The number of nitrogens with one attached hydrogen (secondary N) is 1. The van der Waals surface area contributed by atoms with Gasteiger partial charge >= 0.3 is 0 Å². The average molecular weight is 481 g/mol. The molecule has 2 rings (SSSR count). The zero-order chi connectivity index (χ0) is 23.0. The van der Waals surface area contributed by atoms with E-state index in [-0.39, 0.29) is 23.1 Å². The average Bonchev–Trinajstić information content (AvgIpc) is 2.69. The summed E-state index contributed by atoms with van der Waals surface area (Å²) in [6.45, 7) is 8.05. The summed E-state index contributed by atoms with van der Waals surface area (Å²) in [5.41, 5.74) is 1.70. The van der Waals surface area contributed by atoms with E-state index in [1.165, 1.54) is 11.8 Å². The number of halogens is 2. The molecule has 0 saturated heterocycles. The first kappa shape index (κ1) is 25.6. The van der Waals surface area contributed by atoms with Gasteiger partial charge in [-0.05, 0) is 57.4 Å². The van der Waals surface area contributed by atoms with Gasteiger partial charge in [0, 0.05) is 27.9 Å². The van der Waals surface area contributed by atoms with Gasteiger partial charge in [-0.1, -0.05) is 59.6 Å². The molecule has 0 bridgehead atoms. The number of carbonyl (C=O) groups is 2. The summed E-state index contributed by atoms with van der Waals surface area (Å²) < 4.78 is 0. The third kappa shape index (κ3) is 8.76. The molecule has 168 valence electrons. The number of nitrogens with zero attached hydrogens (tertiary/aromatic N) is 1. The van der Waals surface area contributed by atoms with Crippen LogP contribution in [0.3, 0.4) is 0 Å². The molecule has 2 amide bonds. The maximum absolute atomic E-state index is 13.1. The second-order valence-electron chi connectivity index (χ2n) is 8.47. The van der Waals surface area contributed by atoms with Crippen LogP contribution < -0.4 is 5.32 Å². The fourth-order valence-corrected chi connectivity index (χ4v) is 4.48. The van der Waals surface area contributed by atoms with Gasteiger partial charge in [0.25, 0.3) is 0 Å². The molecule has 1 unspecified atom stereocenters. The summed E-state index contributed by atoms with van der Waals surface area (Å²) >= 11 is 13.7. The number of amides is 2. The van der Waals surface area contributed by atoms with Gasteiger partial charge in [-0.2, -0.15) is 0 Å². The molecule has 0 spiro atoms. The predicted octanol–water partition coefficient (Wildman–Crippen LogP) is 5.60. The van der Waals surface area contributed by atoms with E-state index in [0.29, 0.717) is 28.8 Å². The number of benzene rings is 2. The lowest BCUT2D eigenvalue weighted by Gasteiger charge is -2.31. The Morgan fingerprint density at radius 3 is 2.39 bits per heavy atom. The van der Waals surface area contributed by atoms with Gasteiger partial charge in [0.1, 0.15) is 6.04 Å². The topological polar surface area (TPSA) is 49.4 Å². The molecule has 2 aromatic rings. The molecule has 0 saturated carbocycles. The highest BCUT2D eigenvalue weighted by Gasteiger charge is 2.27. The van der Waals surface area contributed by atoms with E-state index in [0.717, 1.165) is 11.1 Å². The fraction of sp³-hybridized carbons (Fsp3) is 0.417. The second kappa shape index (κ2) is 11.8. The quantitative estimate of drug-likeness (QED) is 0.507. The summed E-state index contributed by atoms with van der Waals surface area (Å²) in [6, 6.07) is 14.8. The zero-order valence-corrected chi connectivity index (χ0v) is 20.8. The number of thioether (sulfide) groups is 1. The molecule has 0 radical (unpaired) electrons. The van der Waals surface area contributed by atoms with Crippen molar-refractivity contribution in [3.05, 3.63) is 69.7 Å². The van der Waals surface area contributed by atoms with Crippen molar-refractivity contribution in [3.8, 4) is 0 Å². The number of rotatable bonds is 9. The van der Waals surface area contributed by atoms with Crippen molar-refractivity contribution < 1.29 is 9.59 Å². The second-order valence-corrected chi connectivity index (χ2v) is 10.3. The maximum atomic E-state index is 13.1. The maximum Gasteiger partial charge on any atom is 0.242 e. The van der Waals surface area contributed by atoms with E-state index in [2.05, 4.69) is 5.32 Å². The van der Waals surface area contributed by atoms with Gasteiger partial charge < -0.3 is 10.2 Å². The summed E-state index contributed by atoms with van der Waals surface area (Å²) in [5, 5.41) is 4.15. The lowest BCUT2D eigenvalue weighted by atomic mass is 10.1. The molecule has 4 nitrogen and oxygen atoms in total. The molecule has 0 aliphatic rings. The van der Waals surface area contributed by atoms with Crippen LogP contribution in [-0.2, 0) is 21.8 Å². The molecule has 0 fully saturated rings. The van der Waals surface area contributed by atoms with Crippen LogP contribution in [0.15, 0.2) is 48.5 Å². The summed E-state index contributed by atoms with van der Waals surface area (Å²) in [4.78, 5) is 27.5. The highest BCUT2D eigenvalue weighted by molar-refractivity contribution is 7.99. The Hall–Kier alpha value is -1.69. The van der Waals surface area contributed by atoms with Crippen LogP contribution in [-0.4, -0.2) is 40.6 Å². The van der Waals surface area contributed by atoms with E-state index < -0.39 is 6.04 Å². The highest BCUT2D eigenvalue weighted by Crippen LogP contribution is 2.25. The predicted molar refractivity (Wildman–Crippen MR) is 132 cm³/mol. The standard InChI is InChI=1S/C24H30Cl2N2O2S/c1-17(23(30)27-24(2,3)4)28(13-12-18-8-6-5-7-9-18)22(29)16-31-15-19-10-11-20(25)14-21(19)26/h5-11,14,17H,12-13,15-16H2,1-4H3,(H,27,30). The smallest absolute Gasteiger partial charge is 0.242 e. The van der Waals surface area contributed by atoms with Gasteiger partial charge in [-0.3, -0.25) is 9.59 Å². The molecule has 7 heteroatoms. The van der Waals surface area contributed by atoms with Gasteiger partial charge in [0.2, 0.25) is 11.8 Å². The normalized spacial score (nSPS) is 12.3. The van der Waals surface area contributed by atoms with Crippen LogP contribution in [0.5, 0.6) is 0 Å². The lowest BCUT2D eigenvalue weighted by Crippen LogP contribution is -2.53. The molecule has 1 atom stereocenters. The van der Waals surface area contributed by atoms with Crippen LogP contribution in [0.4, 0.5) is 0 Å². The Bertz CT molecular complexity index is 885. The molecule has 0 aliphatic heterocycles. The Kier molecular flexibility index (Phi) is 9.73. The number of hydrogen-bond acceptors (Lipinski definition) is 3. The van der Waals surface area contributed by atoms with E-state index in [1.807, 2.05) is 57.2 Å². The molecular weight excluding hydrogens is 451 g/mol. The first-order chi connectivity index (χ1) is 14.6. The third-order valence-electron chi connectivity index (χ3n) is 4.65. The highest BCUT2D eigenvalue weighted by atomic mass is 35.5. The van der Waals surface area contributed by atoms with Crippen molar-refractivity contribution in [3.63, 3.8) is 0 Å². The Labute approximate surface area is 199 Å². The van der Waals surface area contributed by atoms with E-state index in [9.17, 15) is 9.59 Å². The zero-order valence-electron chi connectivity index (χ0n) is 18.5. The van der Waals surface area contributed by atoms with Gasteiger partial charge in [-0.25, -0.2) is 0 Å². The minimum atomic E-state index is -0.560. The molecule has 1 N–H and O–H groups in total. The van der Waals surface area contributed by atoms with Crippen molar-refractivity contribution in [1.29, 1.82) is 0 Å². The molecule has 0 aromatic heterocycles. The van der Waals surface area contributed by atoms with Crippen molar-refractivity contribution in [2.45, 2.75) is 51.4 Å². The fourth-order valence-electron chi connectivity index (χ4n) is 3.01. The van der Waals surface area contributed by atoms with E-state index in [1.54, 1.807) is 24.0 Å². The van der Waals surface area contributed by atoms with Crippen molar-refractivity contribution in [2.75, 3.05) is 12.3 Å². The largest absolute Gasteiger partial charge is 0.350 e. The van der Waals surface area contributed by atoms with E-state index in [4.69, 9.17) is 23.2 Å². The van der Waals surface area contributed by atoms with Crippen LogP contribution >= 0.6 is 35.0 Å². The minimum absolute atomic E-state index is 0.0671. The molecule has 0 heterocycles. The molecule has 31 heavy (non-hydrogen) atoms. The van der Waals surface area contributed by atoms with Crippen LogP contribution in [0.2, 0.25) is 10.0 Å². The van der Waals surface area contributed by atoms with Crippen LogP contribution in [0.25, 0.3) is 0 Å². The third-order valence-corrected chi connectivity index (χ3v) is 6.20. The lowest BCUT2D eigenvalue weighted by molar-refractivity contribution is -0.138. The van der Waals surface area contributed by atoms with Gasteiger partial charge in [0.05, 0.1) is 5.75 Å².